The van der Waals surface area contributed by atoms with Crippen LogP contribution in [0.15, 0.2) is 9.98 Å². The standard InChI is InChI=1S/C6H11N5O4/c7-5(9-1-3(12)13)11-6(8)10-2-4(14)15/h1-2H2,(H,12,13)(H,14,15)(H5,7,8,9,10,11). The lowest BCUT2D eigenvalue weighted by Gasteiger charge is -2.02. The first-order valence-electron chi connectivity index (χ1n) is 3.72. The molecule has 0 radical (unpaired) electrons. The molecule has 0 aromatic carbocycles. The molecule has 0 unspecified atom stereocenters. The number of carbonyl (C=O) groups is 2. The van der Waals surface area contributed by atoms with E-state index in [1.54, 1.807) is 0 Å². The van der Waals surface area contributed by atoms with Crippen LogP contribution in [0, 0.1) is 0 Å². The lowest BCUT2D eigenvalue weighted by atomic mass is 10.7. The fraction of sp³-hybridized carbons (Fsp3) is 0.333. The number of aliphatic imine (C=N–C) groups is 2. The van der Waals surface area contributed by atoms with Gasteiger partial charge in [0.2, 0.25) is 0 Å². The number of carboxylic acids is 2. The Morgan fingerprint density at radius 2 is 1.33 bits per heavy atom. The van der Waals surface area contributed by atoms with E-state index in [9.17, 15) is 9.59 Å². The van der Waals surface area contributed by atoms with Crippen LogP contribution in [0.1, 0.15) is 0 Å². The summed E-state index contributed by atoms with van der Waals surface area (Å²) in [5.41, 5.74) is 10.4. The summed E-state index contributed by atoms with van der Waals surface area (Å²) in [5, 5.41) is 18.7. The topological polar surface area (TPSA) is 163 Å². The van der Waals surface area contributed by atoms with Crippen molar-refractivity contribution in [2.45, 2.75) is 0 Å². The van der Waals surface area contributed by atoms with Crippen molar-refractivity contribution in [1.82, 2.24) is 5.32 Å². The average Bonchev–Trinajstić information content (AvgIpc) is 2.11. The highest BCUT2D eigenvalue weighted by molar-refractivity contribution is 5.98. The maximum Gasteiger partial charge on any atom is 0.325 e. The van der Waals surface area contributed by atoms with E-state index in [0.29, 0.717) is 0 Å². The Morgan fingerprint density at radius 1 is 1.00 bits per heavy atom. The van der Waals surface area contributed by atoms with Crippen molar-refractivity contribution in [2.75, 3.05) is 13.1 Å². The van der Waals surface area contributed by atoms with Gasteiger partial charge < -0.3 is 21.7 Å². The molecule has 0 aromatic rings. The van der Waals surface area contributed by atoms with Gasteiger partial charge in [-0.05, 0) is 0 Å². The molecule has 0 aromatic heterocycles. The summed E-state index contributed by atoms with van der Waals surface area (Å²) >= 11 is 0. The van der Waals surface area contributed by atoms with Gasteiger partial charge in [0, 0.05) is 0 Å². The number of carboxylic acid groups (broad SMARTS) is 2. The molecule has 0 aliphatic rings. The predicted octanol–water partition coefficient (Wildman–Crippen LogP) is -2.63. The molecule has 0 amide bonds. The summed E-state index contributed by atoms with van der Waals surface area (Å²) < 4.78 is 0. The number of nitrogens with two attached hydrogens (primary N) is 2. The van der Waals surface area contributed by atoms with E-state index in [1.165, 1.54) is 0 Å². The van der Waals surface area contributed by atoms with Gasteiger partial charge in [0.15, 0.2) is 11.9 Å². The summed E-state index contributed by atoms with van der Waals surface area (Å²) in [6.07, 6.45) is 0. The molecule has 0 saturated carbocycles. The number of hydrogen-bond acceptors (Lipinski definition) is 4. The predicted molar refractivity (Wildman–Crippen MR) is 51.4 cm³/mol. The van der Waals surface area contributed by atoms with Crippen molar-refractivity contribution in [2.24, 2.45) is 21.5 Å². The Morgan fingerprint density at radius 3 is 1.60 bits per heavy atom. The molecule has 7 N–H and O–H groups in total. The molecule has 0 aliphatic heterocycles. The number of nitrogens with zero attached hydrogens (tertiary/aromatic N) is 2. The molecule has 84 valence electrons. The van der Waals surface area contributed by atoms with E-state index in [4.69, 9.17) is 21.7 Å². The quantitative estimate of drug-likeness (QED) is 0.254. The zero-order valence-electron chi connectivity index (χ0n) is 7.67. The Hall–Kier alpha value is -2.32. The lowest BCUT2D eigenvalue weighted by molar-refractivity contribution is -0.136. The second kappa shape index (κ2) is 6.18. The van der Waals surface area contributed by atoms with Crippen molar-refractivity contribution < 1.29 is 19.8 Å². The van der Waals surface area contributed by atoms with Gasteiger partial charge in [0.05, 0.1) is 0 Å². The van der Waals surface area contributed by atoms with Crippen LogP contribution in [0.5, 0.6) is 0 Å². The van der Waals surface area contributed by atoms with Gasteiger partial charge in [-0.15, -0.1) is 0 Å². The SMILES string of the molecule is NC(=NCC(=O)O)NC(N)=NCC(=O)O. The molecule has 0 heterocycles. The third kappa shape index (κ3) is 8.02. The van der Waals surface area contributed by atoms with Gasteiger partial charge in [-0.1, -0.05) is 0 Å². The van der Waals surface area contributed by atoms with Crippen LogP contribution in [-0.2, 0) is 9.59 Å². The summed E-state index contributed by atoms with van der Waals surface area (Å²) in [7, 11) is 0. The zero-order chi connectivity index (χ0) is 11.8. The first-order valence-corrected chi connectivity index (χ1v) is 3.72. The highest BCUT2D eigenvalue weighted by Gasteiger charge is 1.99. The van der Waals surface area contributed by atoms with Crippen LogP contribution in [-0.4, -0.2) is 47.2 Å². The largest absolute Gasteiger partial charge is 0.480 e. The maximum atomic E-state index is 10.1. The van der Waals surface area contributed by atoms with E-state index in [-0.39, 0.29) is 11.9 Å². The average molecular weight is 217 g/mol. The van der Waals surface area contributed by atoms with Crippen LogP contribution in [0.2, 0.25) is 0 Å². The first-order chi connectivity index (χ1) is 6.91. The third-order valence-electron chi connectivity index (χ3n) is 1.03. The fourth-order valence-corrected chi connectivity index (χ4v) is 0.516. The maximum absolute atomic E-state index is 10.1. The van der Waals surface area contributed by atoms with Crippen LogP contribution in [0.3, 0.4) is 0 Å². The van der Waals surface area contributed by atoms with E-state index in [0.717, 1.165) is 0 Å². The molecule has 0 atom stereocenters. The smallest absolute Gasteiger partial charge is 0.325 e. The minimum absolute atomic E-state index is 0.246. The Kier molecular flexibility index (Phi) is 5.23. The van der Waals surface area contributed by atoms with Crippen LogP contribution in [0.25, 0.3) is 0 Å². The molecule has 0 spiro atoms. The zero-order valence-corrected chi connectivity index (χ0v) is 7.67. The normalized spacial score (nSPS) is 12.3. The summed E-state index contributed by atoms with van der Waals surface area (Å²) in [5.74, 6) is -2.80. The number of aliphatic carboxylic acids is 2. The van der Waals surface area contributed by atoms with Gasteiger partial charge >= 0.3 is 11.9 Å². The van der Waals surface area contributed by atoms with E-state index < -0.39 is 25.0 Å². The Labute approximate surface area is 84.5 Å². The number of hydrogen-bond donors (Lipinski definition) is 5. The molecule has 0 aliphatic carbocycles. The van der Waals surface area contributed by atoms with Crippen molar-refractivity contribution in [3.05, 3.63) is 0 Å². The minimum atomic E-state index is -1.15. The second-order valence-corrected chi connectivity index (χ2v) is 2.32. The molecular weight excluding hydrogens is 206 g/mol. The molecule has 0 bridgehead atoms. The Balaban J connectivity index is 4.10. The highest BCUT2D eigenvalue weighted by Crippen LogP contribution is 1.72. The van der Waals surface area contributed by atoms with E-state index >= 15 is 0 Å². The van der Waals surface area contributed by atoms with Crippen molar-refractivity contribution in [3.63, 3.8) is 0 Å². The van der Waals surface area contributed by atoms with Crippen LogP contribution in [0.4, 0.5) is 0 Å². The minimum Gasteiger partial charge on any atom is -0.480 e. The number of rotatable bonds is 4. The molecule has 9 nitrogen and oxygen atoms in total. The Bertz CT molecular complexity index is 281. The summed E-state index contributed by atoms with van der Waals surface area (Å²) in [6.45, 7) is -1.02. The van der Waals surface area contributed by atoms with Gasteiger partial charge in [-0.25, -0.2) is 9.98 Å². The summed E-state index contributed by atoms with van der Waals surface area (Å²) in [6, 6.07) is 0. The van der Waals surface area contributed by atoms with E-state index in [1.807, 2.05) is 0 Å². The third-order valence-corrected chi connectivity index (χ3v) is 1.03. The number of guanidine groups is 2. The van der Waals surface area contributed by atoms with Crippen molar-refractivity contribution in [1.29, 1.82) is 0 Å². The lowest BCUT2D eigenvalue weighted by Crippen LogP contribution is -2.42. The van der Waals surface area contributed by atoms with Crippen LogP contribution < -0.4 is 16.8 Å². The fourth-order valence-electron chi connectivity index (χ4n) is 0.516. The molecule has 0 rings (SSSR count). The van der Waals surface area contributed by atoms with Gasteiger partial charge in [-0.3, -0.25) is 14.9 Å². The molecule has 15 heavy (non-hydrogen) atoms. The summed E-state index contributed by atoms with van der Waals surface area (Å²) in [4.78, 5) is 26.9. The van der Waals surface area contributed by atoms with Gasteiger partial charge in [-0.2, -0.15) is 0 Å². The van der Waals surface area contributed by atoms with E-state index in [2.05, 4.69) is 15.3 Å². The molecule has 0 saturated heterocycles. The molecular formula is C6H11N5O4. The number of nitrogens with one attached hydrogen (secondary N) is 1. The first kappa shape index (κ1) is 12.7. The highest BCUT2D eigenvalue weighted by atomic mass is 16.4. The van der Waals surface area contributed by atoms with Gasteiger partial charge in [0.25, 0.3) is 0 Å². The second-order valence-electron chi connectivity index (χ2n) is 2.32. The van der Waals surface area contributed by atoms with Gasteiger partial charge in [0.1, 0.15) is 13.1 Å². The monoisotopic (exact) mass is 217 g/mol. The molecule has 0 fully saturated rings. The molecule has 9 heteroatoms. The van der Waals surface area contributed by atoms with Crippen LogP contribution >= 0.6 is 0 Å². The van der Waals surface area contributed by atoms with Crippen molar-refractivity contribution >= 4 is 23.9 Å². The van der Waals surface area contributed by atoms with Crippen molar-refractivity contribution in [3.8, 4) is 0 Å².